The molecule has 10 nitrogen and oxygen atoms in total. The highest BCUT2D eigenvalue weighted by Crippen LogP contribution is 2.36. The normalized spacial score (nSPS) is 11.3. The van der Waals surface area contributed by atoms with Crippen molar-refractivity contribution in [2.45, 2.75) is 4.90 Å². The van der Waals surface area contributed by atoms with E-state index in [1.165, 1.54) is 48.0 Å². The van der Waals surface area contributed by atoms with Gasteiger partial charge in [0.15, 0.2) is 6.61 Å². The molecule has 208 valence electrons. The number of thiazole rings is 1. The first-order valence-electron chi connectivity index (χ1n) is 12.6. The number of rotatable bonds is 8. The molecular formula is C30H21N5O5S2. The monoisotopic (exact) mass is 595 g/mol. The minimum absolute atomic E-state index is 0.0423. The van der Waals surface area contributed by atoms with Crippen LogP contribution in [-0.4, -0.2) is 41.9 Å². The summed E-state index contributed by atoms with van der Waals surface area (Å²) in [5.41, 5.74) is 2.32. The predicted molar refractivity (Wildman–Crippen MR) is 161 cm³/mol. The molecule has 4 aromatic carbocycles. The lowest BCUT2D eigenvalue weighted by Crippen LogP contribution is -2.21. The van der Waals surface area contributed by atoms with Crippen LogP contribution in [-0.2, 0) is 19.6 Å². The van der Waals surface area contributed by atoms with Gasteiger partial charge in [0.05, 0.1) is 20.7 Å². The third kappa shape index (κ3) is 5.66. The standard InChI is InChI=1S/C30H21N5O5S2/c36-26(33-20-12-14-21(15-13-20)42(38,39)35-30-31-16-5-17-32-30)18-40-29(37)23-9-4-7-19-6-3-8-22(27(19)23)28-34-24-10-1-2-11-25(24)41-28/h1-17H,18H2,(H,33,36)(H,31,32,35). The first kappa shape index (κ1) is 27.0. The van der Waals surface area contributed by atoms with Gasteiger partial charge in [-0.3, -0.25) is 4.79 Å². The molecule has 0 spiro atoms. The van der Waals surface area contributed by atoms with Crippen molar-refractivity contribution < 1.29 is 22.7 Å². The van der Waals surface area contributed by atoms with E-state index in [1.54, 1.807) is 18.2 Å². The molecule has 2 aromatic heterocycles. The summed E-state index contributed by atoms with van der Waals surface area (Å²) in [4.78, 5) is 38.2. The number of esters is 1. The van der Waals surface area contributed by atoms with Gasteiger partial charge in [0.2, 0.25) is 5.95 Å². The molecule has 0 bridgehead atoms. The first-order valence-corrected chi connectivity index (χ1v) is 14.9. The van der Waals surface area contributed by atoms with Crippen LogP contribution in [0.3, 0.4) is 0 Å². The number of para-hydroxylation sites is 1. The smallest absolute Gasteiger partial charge is 0.339 e. The van der Waals surface area contributed by atoms with Gasteiger partial charge >= 0.3 is 5.97 Å². The number of fused-ring (bicyclic) bond motifs is 2. The number of sulfonamides is 1. The zero-order chi connectivity index (χ0) is 29.1. The molecule has 0 aliphatic rings. The van der Waals surface area contributed by atoms with Gasteiger partial charge in [-0.05, 0) is 53.9 Å². The number of hydrogen-bond acceptors (Lipinski definition) is 9. The molecule has 1 amide bonds. The van der Waals surface area contributed by atoms with E-state index in [4.69, 9.17) is 9.72 Å². The van der Waals surface area contributed by atoms with Gasteiger partial charge in [0.1, 0.15) is 5.01 Å². The van der Waals surface area contributed by atoms with Crippen molar-refractivity contribution in [2.24, 2.45) is 0 Å². The number of anilines is 2. The number of nitrogens with zero attached hydrogens (tertiary/aromatic N) is 3. The molecule has 0 saturated carbocycles. The zero-order valence-electron chi connectivity index (χ0n) is 21.7. The fourth-order valence-corrected chi connectivity index (χ4v) is 6.29. The Morgan fingerprint density at radius 2 is 1.57 bits per heavy atom. The highest BCUT2D eigenvalue weighted by Gasteiger charge is 2.19. The van der Waals surface area contributed by atoms with Crippen LogP contribution in [0.2, 0.25) is 0 Å². The van der Waals surface area contributed by atoms with E-state index in [-0.39, 0.29) is 10.8 Å². The molecular weight excluding hydrogens is 574 g/mol. The molecule has 12 heteroatoms. The fourth-order valence-electron chi connectivity index (χ4n) is 4.33. The number of benzene rings is 4. The highest BCUT2D eigenvalue weighted by atomic mass is 32.2. The van der Waals surface area contributed by atoms with E-state index in [2.05, 4.69) is 20.0 Å². The van der Waals surface area contributed by atoms with Crippen LogP contribution in [0, 0.1) is 0 Å². The van der Waals surface area contributed by atoms with E-state index in [9.17, 15) is 18.0 Å². The van der Waals surface area contributed by atoms with Crippen LogP contribution >= 0.6 is 11.3 Å². The number of aromatic nitrogens is 3. The Bertz CT molecular complexity index is 2010. The summed E-state index contributed by atoms with van der Waals surface area (Å²) in [7, 11) is -3.92. The maximum Gasteiger partial charge on any atom is 0.339 e. The van der Waals surface area contributed by atoms with Crippen molar-refractivity contribution in [3.05, 3.63) is 109 Å². The molecule has 0 aliphatic heterocycles. The molecule has 2 heterocycles. The van der Waals surface area contributed by atoms with Gasteiger partial charge in [-0.1, -0.05) is 42.5 Å². The quantitative estimate of drug-likeness (QED) is 0.220. The predicted octanol–water partition coefficient (Wildman–Crippen LogP) is 5.50. The van der Waals surface area contributed by atoms with E-state index in [0.717, 1.165) is 26.2 Å². The Morgan fingerprint density at radius 1 is 0.833 bits per heavy atom. The van der Waals surface area contributed by atoms with Crippen LogP contribution in [0.4, 0.5) is 11.6 Å². The van der Waals surface area contributed by atoms with Gasteiger partial charge < -0.3 is 10.1 Å². The third-order valence-corrected chi connectivity index (χ3v) is 8.64. The summed E-state index contributed by atoms with van der Waals surface area (Å²) < 4.78 is 33.8. The lowest BCUT2D eigenvalue weighted by molar-refractivity contribution is -0.119. The number of amides is 1. The zero-order valence-corrected chi connectivity index (χ0v) is 23.4. The van der Waals surface area contributed by atoms with Crippen molar-refractivity contribution in [2.75, 3.05) is 16.6 Å². The Kier molecular flexibility index (Phi) is 7.30. The summed E-state index contributed by atoms with van der Waals surface area (Å²) in [6.45, 7) is -0.536. The molecule has 42 heavy (non-hydrogen) atoms. The van der Waals surface area contributed by atoms with Crippen LogP contribution < -0.4 is 10.0 Å². The molecule has 0 atom stereocenters. The molecule has 6 aromatic rings. The van der Waals surface area contributed by atoms with E-state index >= 15 is 0 Å². The largest absolute Gasteiger partial charge is 0.452 e. The second-order valence-corrected chi connectivity index (χ2v) is 11.7. The highest BCUT2D eigenvalue weighted by molar-refractivity contribution is 7.92. The maximum absolute atomic E-state index is 13.2. The number of ether oxygens (including phenoxy) is 1. The first-order chi connectivity index (χ1) is 20.4. The van der Waals surface area contributed by atoms with Gasteiger partial charge in [-0.25, -0.2) is 32.9 Å². The van der Waals surface area contributed by atoms with E-state index in [0.29, 0.717) is 16.6 Å². The Hall–Kier alpha value is -5.20. The molecule has 2 N–H and O–H groups in total. The van der Waals surface area contributed by atoms with Crippen molar-refractivity contribution >= 4 is 65.9 Å². The van der Waals surface area contributed by atoms with Crippen molar-refractivity contribution in [3.63, 3.8) is 0 Å². The van der Waals surface area contributed by atoms with Crippen molar-refractivity contribution in [1.82, 2.24) is 15.0 Å². The Labute approximate surface area is 244 Å². The number of carbonyl (C=O) groups is 2. The molecule has 0 saturated heterocycles. The van der Waals surface area contributed by atoms with Crippen LogP contribution in [0.15, 0.2) is 108 Å². The number of carbonyl (C=O) groups excluding carboxylic acids is 2. The molecule has 6 rings (SSSR count). The second-order valence-electron chi connectivity index (χ2n) is 9.02. The Balaban J connectivity index is 1.15. The van der Waals surface area contributed by atoms with E-state index in [1.807, 2.05) is 48.5 Å². The molecule has 0 fully saturated rings. The molecule has 0 radical (unpaired) electrons. The lowest BCUT2D eigenvalue weighted by atomic mass is 9.99. The summed E-state index contributed by atoms with van der Waals surface area (Å²) in [6, 6.07) is 25.9. The summed E-state index contributed by atoms with van der Waals surface area (Å²) in [5, 5.41) is 4.91. The molecule has 0 aliphatic carbocycles. The average Bonchev–Trinajstić information content (AvgIpc) is 3.44. The van der Waals surface area contributed by atoms with Crippen LogP contribution in [0.25, 0.3) is 31.6 Å². The number of hydrogen-bond donors (Lipinski definition) is 2. The third-order valence-electron chi connectivity index (χ3n) is 6.22. The average molecular weight is 596 g/mol. The minimum atomic E-state index is -3.92. The summed E-state index contributed by atoms with van der Waals surface area (Å²) in [5.74, 6) is -1.29. The number of nitrogens with one attached hydrogen (secondary N) is 2. The minimum Gasteiger partial charge on any atom is -0.452 e. The van der Waals surface area contributed by atoms with Gasteiger partial charge in [-0.2, -0.15) is 0 Å². The maximum atomic E-state index is 13.2. The SMILES string of the molecule is O=C(COC(=O)c1cccc2cccc(-c3nc4ccccc4s3)c12)Nc1ccc(S(=O)(=O)Nc2ncccn2)cc1. The van der Waals surface area contributed by atoms with Gasteiger partial charge in [0.25, 0.3) is 15.9 Å². The van der Waals surface area contributed by atoms with Gasteiger partial charge in [-0.15, -0.1) is 11.3 Å². The topological polar surface area (TPSA) is 140 Å². The summed E-state index contributed by atoms with van der Waals surface area (Å²) >= 11 is 1.53. The van der Waals surface area contributed by atoms with Crippen LogP contribution in [0.5, 0.6) is 0 Å². The van der Waals surface area contributed by atoms with Crippen LogP contribution in [0.1, 0.15) is 10.4 Å². The fraction of sp³-hybridized carbons (Fsp3) is 0.0333. The Morgan fingerprint density at radius 3 is 2.33 bits per heavy atom. The second kappa shape index (κ2) is 11.4. The molecule has 0 unspecified atom stereocenters. The summed E-state index contributed by atoms with van der Waals surface area (Å²) in [6.07, 6.45) is 2.83. The van der Waals surface area contributed by atoms with Crippen molar-refractivity contribution in [1.29, 1.82) is 0 Å². The van der Waals surface area contributed by atoms with Gasteiger partial charge in [0, 0.05) is 29.0 Å². The van der Waals surface area contributed by atoms with Crippen molar-refractivity contribution in [3.8, 4) is 10.6 Å². The lowest BCUT2D eigenvalue weighted by Gasteiger charge is -2.11. The van der Waals surface area contributed by atoms with E-state index < -0.39 is 28.5 Å².